The van der Waals surface area contributed by atoms with Crippen molar-refractivity contribution in [3.8, 4) is 17.0 Å². The van der Waals surface area contributed by atoms with Gasteiger partial charge in [0.2, 0.25) is 5.78 Å². The molecule has 39 heavy (non-hydrogen) atoms. The highest BCUT2D eigenvalue weighted by atomic mass is 16.5. The first-order valence-electron chi connectivity index (χ1n) is 12.8. The highest BCUT2D eigenvalue weighted by Crippen LogP contribution is 2.53. The molecule has 1 aromatic carbocycles. The van der Waals surface area contributed by atoms with Crippen LogP contribution < -0.4 is 11.1 Å². The summed E-state index contributed by atoms with van der Waals surface area (Å²) in [7, 11) is 0. The van der Waals surface area contributed by atoms with Crippen LogP contribution in [0.25, 0.3) is 17.0 Å². The number of fused-ring (bicyclic) bond motifs is 3. The highest BCUT2D eigenvalue weighted by Gasteiger charge is 2.64. The van der Waals surface area contributed by atoms with Crippen LogP contribution in [-0.4, -0.2) is 79.0 Å². The number of amides is 1. The van der Waals surface area contributed by atoms with Crippen molar-refractivity contribution in [2.45, 2.75) is 43.4 Å². The van der Waals surface area contributed by atoms with Gasteiger partial charge in [0.15, 0.2) is 11.4 Å². The predicted octanol–water partition coefficient (Wildman–Crippen LogP) is 0.561. The van der Waals surface area contributed by atoms with Crippen molar-refractivity contribution in [1.29, 1.82) is 0 Å². The van der Waals surface area contributed by atoms with Crippen molar-refractivity contribution < 1.29 is 39.5 Å². The Kier molecular flexibility index (Phi) is 5.86. The second kappa shape index (κ2) is 9.04. The molecule has 12 nitrogen and oxygen atoms in total. The topological polar surface area (TPSA) is 208 Å². The molecule has 1 saturated carbocycles. The van der Waals surface area contributed by atoms with E-state index < -0.39 is 58.0 Å². The zero-order valence-electron chi connectivity index (χ0n) is 20.8. The van der Waals surface area contributed by atoms with Crippen molar-refractivity contribution in [2.24, 2.45) is 17.6 Å². The van der Waals surface area contributed by atoms with Gasteiger partial charge in [0.1, 0.15) is 22.8 Å². The summed E-state index contributed by atoms with van der Waals surface area (Å²) < 4.78 is 5.39. The summed E-state index contributed by atoms with van der Waals surface area (Å²) in [5.74, 6) is -6.83. The van der Waals surface area contributed by atoms with Gasteiger partial charge in [-0.05, 0) is 55.4 Å². The number of ketones is 2. The zero-order valence-corrected chi connectivity index (χ0v) is 20.8. The molecule has 2 heterocycles. The van der Waals surface area contributed by atoms with Crippen molar-refractivity contribution in [3.05, 3.63) is 52.4 Å². The van der Waals surface area contributed by atoms with E-state index in [0.717, 1.165) is 0 Å². The molecule has 2 aromatic rings. The number of aliphatic hydroxyl groups is 3. The molecule has 0 spiro atoms. The Bertz CT molecular complexity index is 1460. The number of primary amides is 1. The maximum atomic E-state index is 14.0. The maximum absolute atomic E-state index is 14.0. The fourth-order valence-electron chi connectivity index (χ4n) is 6.65. The third-order valence-corrected chi connectivity index (χ3v) is 8.51. The van der Waals surface area contributed by atoms with Gasteiger partial charge in [-0.2, -0.15) is 5.10 Å². The number of phenols is 1. The maximum Gasteiger partial charge on any atom is 0.255 e. The molecular formula is C27H28N4O8. The first-order valence-corrected chi connectivity index (χ1v) is 12.8. The number of carbonyl (C=O) groups excluding carboxylic acids is 3. The molecule has 4 atom stereocenters. The molecule has 0 bridgehead atoms. The number of rotatable bonds is 4. The molecule has 6 rings (SSSR count). The number of phenolic OH excluding ortho intramolecular Hbond substituents is 1. The van der Waals surface area contributed by atoms with Gasteiger partial charge >= 0.3 is 0 Å². The number of Topliss-reactive ketones (excluding diaryl/α,β-unsaturated/α-hetero) is 2. The number of ether oxygens (including phenoxy) is 1. The van der Waals surface area contributed by atoms with Crippen molar-refractivity contribution in [3.63, 3.8) is 0 Å². The molecule has 204 valence electrons. The Morgan fingerprint density at radius 2 is 1.90 bits per heavy atom. The monoisotopic (exact) mass is 536 g/mol. The minimum Gasteiger partial charge on any atom is -0.508 e. The van der Waals surface area contributed by atoms with Crippen LogP contribution >= 0.6 is 0 Å². The van der Waals surface area contributed by atoms with Crippen LogP contribution in [0.3, 0.4) is 0 Å². The average Bonchev–Trinajstić information content (AvgIpc) is 3.44. The first kappa shape index (κ1) is 25.3. The molecule has 1 amide bonds. The Morgan fingerprint density at radius 1 is 1.15 bits per heavy atom. The fourth-order valence-corrected chi connectivity index (χ4v) is 6.65. The number of nitrogens with one attached hydrogen (secondary N) is 2. The molecule has 8 N–H and O–H groups in total. The second-order valence-electron chi connectivity index (χ2n) is 10.5. The number of hydrogen-bond acceptors (Lipinski definition) is 10. The molecular weight excluding hydrogens is 508 g/mol. The third-order valence-electron chi connectivity index (χ3n) is 8.51. The lowest BCUT2D eigenvalue weighted by Crippen LogP contribution is -2.67. The number of benzene rings is 1. The molecule has 1 aromatic heterocycles. The van der Waals surface area contributed by atoms with Crippen molar-refractivity contribution >= 4 is 23.2 Å². The van der Waals surface area contributed by atoms with E-state index in [2.05, 4.69) is 15.5 Å². The normalized spacial score (nSPS) is 29.2. The minimum atomic E-state index is -2.69. The lowest BCUT2D eigenvalue weighted by molar-refractivity contribution is -0.150. The lowest BCUT2D eigenvalue weighted by atomic mass is 9.57. The van der Waals surface area contributed by atoms with Crippen LogP contribution in [0.1, 0.15) is 30.4 Å². The molecule has 4 unspecified atom stereocenters. The van der Waals surface area contributed by atoms with E-state index in [0.29, 0.717) is 42.9 Å². The number of aliphatic hydroxyl groups excluding tert-OH is 2. The summed E-state index contributed by atoms with van der Waals surface area (Å²) in [6.45, 7) is 0.909. The summed E-state index contributed by atoms with van der Waals surface area (Å²) in [5.41, 5.74) is 3.61. The Hall–Kier alpha value is -4.00. The van der Waals surface area contributed by atoms with E-state index >= 15 is 0 Å². The van der Waals surface area contributed by atoms with Crippen LogP contribution in [0.15, 0.2) is 41.3 Å². The molecule has 1 aliphatic heterocycles. The molecule has 12 heteroatoms. The molecule has 2 fully saturated rings. The minimum absolute atomic E-state index is 0.0157. The van der Waals surface area contributed by atoms with Gasteiger partial charge in [-0.3, -0.25) is 19.5 Å². The van der Waals surface area contributed by atoms with Crippen LogP contribution in [-0.2, 0) is 25.5 Å². The number of carbonyl (C=O) groups is 3. The van der Waals surface area contributed by atoms with E-state index in [1.165, 1.54) is 6.07 Å². The average molecular weight is 537 g/mol. The SMILES string of the molecule is NC(=O)C1=C(O)C2(O)C(=O)C3=C(O)c4c(O)ccc(-c5ccn[nH]5)c4CC3CC2C(NC2CCOCC2)C1=O. The number of nitrogens with two attached hydrogens (primary N) is 1. The number of aromatic amines is 1. The van der Waals surface area contributed by atoms with E-state index in [1.54, 1.807) is 18.3 Å². The molecule has 1 saturated heterocycles. The predicted molar refractivity (Wildman–Crippen MR) is 135 cm³/mol. The van der Waals surface area contributed by atoms with E-state index in [1.807, 2.05) is 0 Å². The number of H-pyrrole nitrogens is 1. The Morgan fingerprint density at radius 3 is 2.56 bits per heavy atom. The number of aromatic hydroxyl groups is 1. The van der Waals surface area contributed by atoms with Crippen LogP contribution in [0.2, 0.25) is 0 Å². The molecule has 3 aliphatic carbocycles. The van der Waals surface area contributed by atoms with E-state index in [4.69, 9.17) is 10.5 Å². The third kappa shape index (κ3) is 3.63. The highest BCUT2D eigenvalue weighted by molar-refractivity contribution is 6.24. The number of hydrogen-bond donors (Lipinski definition) is 7. The first-order chi connectivity index (χ1) is 18.6. The second-order valence-corrected chi connectivity index (χ2v) is 10.5. The smallest absolute Gasteiger partial charge is 0.255 e. The van der Waals surface area contributed by atoms with Gasteiger partial charge in [0.05, 0.1) is 17.3 Å². The summed E-state index contributed by atoms with van der Waals surface area (Å²) in [4.78, 5) is 39.8. The zero-order chi connectivity index (χ0) is 27.6. The van der Waals surface area contributed by atoms with Crippen LogP contribution in [0.5, 0.6) is 5.75 Å². The number of nitrogens with zero attached hydrogens (tertiary/aromatic N) is 1. The molecule has 4 aliphatic rings. The van der Waals surface area contributed by atoms with Crippen molar-refractivity contribution in [2.75, 3.05) is 13.2 Å². The molecule has 0 radical (unpaired) electrons. The van der Waals surface area contributed by atoms with E-state index in [-0.39, 0.29) is 35.8 Å². The van der Waals surface area contributed by atoms with Gasteiger partial charge in [-0.25, -0.2) is 0 Å². The van der Waals surface area contributed by atoms with Gasteiger partial charge in [-0.15, -0.1) is 0 Å². The summed E-state index contributed by atoms with van der Waals surface area (Å²) in [6, 6.07) is 3.40. The summed E-state index contributed by atoms with van der Waals surface area (Å²) in [5, 5.41) is 54.9. The summed E-state index contributed by atoms with van der Waals surface area (Å²) in [6.07, 6.45) is 2.91. The Labute approximate surface area is 222 Å². The van der Waals surface area contributed by atoms with Gasteiger partial charge in [0, 0.05) is 42.5 Å². The van der Waals surface area contributed by atoms with E-state index in [9.17, 15) is 34.8 Å². The Balaban J connectivity index is 1.51. The number of aromatic nitrogens is 2. The van der Waals surface area contributed by atoms with Gasteiger partial charge in [-0.1, -0.05) is 0 Å². The largest absolute Gasteiger partial charge is 0.508 e. The lowest BCUT2D eigenvalue weighted by Gasteiger charge is -2.49. The fraction of sp³-hybridized carbons (Fsp3) is 0.407. The quantitative estimate of drug-likeness (QED) is 0.270. The van der Waals surface area contributed by atoms with Crippen molar-refractivity contribution in [1.82, 2.24) is 15.5 Å². The standard InChI is InChI=1S/C27H28N4O8/c28-26(37)20-23(34)21(30-12-4-7-39-8-5-12)15-10-11-9-14-13(16-3-6-29-31-16)1-2-17(32)19(14)22(33)18(11)24(35)27(15,38)25(20)36/h1-3,6,11-12,15,21,30,32-33,36,38H,4-5,7-10H2,(H2,28,37)(H,29,31). The van der Waals surface area contributed by atoms with Gasteiger partial charge in [0.25, 0.3) is 5.91 Å². The summed E-state index contributed by atoms with van der Waals surface area (Å²) >= 11 is 0. The van der Waals surface area contributed by atoms with Gasteiger partial charge < -0.3 is 36.2 Å². The van der Waals surface area contributed by atoms with Crippen LogP contribution in [0.4, 0.5) is 0 Å². The van der Waals surface area contributed by atoms with Crippen LogP contribution in [0, 0.1) is 11.8 Å².